The number of tetrazole rings is 1. The van der Waals surface area contributed by atoms with Crippen molar-refractivity contribution in [2.24, 2.45) is 0 Å². The second-order valence-electron chi connectivity index (χ2n) is 9.46. The summed E-state index contributed by atoms with van der Waals surface area (Å²) in [7, 11) is 0. The minimum Gasteiger partial charge on any atom is -0.457 e. The van der Waals surface area contributed by atoms with E-state index in [0.29, 0.717) is 18.0 Å². The molecule has 35 heavy (non-hydrogen) atoms. The Balaban J connectivity index is 1.05. The van der Waals surface area contributed by atoms with Crippen LogP contribution in [0.15, 0.2) is 30.7 Å². The average molecular weight is 474 g/mol. The van der Waals surface area contributed by atoms with E-state index < -0.39 is 0 Å². The van der Waals surface area contributed by atoms with Gasteiger partial charge in [0.15, 0.2) is 5.82 Å². The molecule has 10 heteroatoms. The number of piperazine rings is 1. The first kappa shape index (κ1) is 21.8. The van der Waals surface area contributed by atoms with Gasteiger partial charge in [-0.05, 0) is 71.0 Å². The molecule has 4 heterocycles. The first-order chi connectivity index (χ1) is 17.1. The van der Waals surface area contributed by atoms with Crippen molar-refractivity contribution in [3.8, 4) is 5.82 Å². The molecule has 0 saturated carbocycles. The maximum Gasteiger partial charge on any atom is 0.338 e. The molecule has 1 amide bonds. The number of benzene rings is 1. The van der Waals surface area contributed by atoms with Gasteiger partial charge in [-0.25, -0.2) is 9.78 Å². The number of esters is 1. The summed E-state index contributed by atoms with van der Waals surface area (Å²) in [6, 6.07) is 5.93. The van der Waals surface area contributed by atoms with Gasteiger partial charge in [-0.15, -0.1) is 5.10 Å². The number of aromatic nitrogens is 5. The summed E-state index contributed by atoms with van der Waals surface area (Å²) in [5, 5.41) is 11.2. The van der Waals surface area contributed by atoms with E-state index in [9.17, 15) is 9.59 Å². The monoisotopic (exact) mass is 473 g/mol. The van der Waals surface area contributed by atoms with Gasteiger partial charge in [-0.3, -0.25) is 9.69 Å². The molecule has 1 fully saturated rings. The van der Waals surface area contributed by atoms with Crippen LogP contribution in [0.5, 0.6) is 0 Å². The fourth-order valence-electron chi connectivity index (χ4n) is 5.49. The Morgan fingerprint density at radius 3 is 2.86 bits per heavy atom. The first-order valence-electron chi connectivity index (χ1n) is 12.1. The molecule has 3 aromatic rings. The van der Waals surface area contributed by atoms with Crippen LogP contribution in [0.25, 0.3) is 5.82 Å². The summed E-state index contributed by atoms with van der Waals surface area (Å²) in [5.74, 6) is 0.544. The summed E-state index contributed by atoms with van der Waals surface area (Å²) in [4.78, 5) is 34.0. The predicted molar refractivity (Wildman–Crippen MR) is 125 cm³/mol. The largest absolute Gasteiger partial charge is 0.457 e. The molecule has 2 aliphatic heterocycles. The summed E-state index contributed by atoms with van der Waals surface area (Å²) in [5.41, 5.74) is 6.34. The molecule has 0 N–H and O–H groups in total. The van der Waals surface area contributed by atoms with E-state index in [2.05, 4.69) is 38.4 Å². The molecule has 10 nitrogen and oxygen atoms in total. The van der Waals surface area contributed by atoms with Gasteiger partial charge in [-0.1, -0.05) is 6.07 Å². The van der Waals surface area contributed by atoms with Gasteiger partial charge in [-0.2, -0.15) is 4.68 Å². The molecule has 2 aromatic heterocycles. The number of nitrogens with zero attached hydrogens (tertiary/aromatic N) is 7. The Labute approximate surface area is 202 Å². The quantitative estimate of drug-likeness (QED) is 0.513. The first-order valence-corrected chi connectivity index (χ1v) is 12.1. The molecule has 6 rings (SSSR count). The van der Waals surface area contributed by atoms with Crippen LogP contribution in [0.2, 0.25) is 0 Å². The number of fused-ring (bicyclic) bond motifs is 2. The third kappa shape index (κ3) is 3.97. The number of aryl methyl sites for hydroxylation is 1. The second-order valence-corrected chi connectivity index (χ2v) is 9.46. The highest BCUT2D eigenvalue weighted by Gasteiger charge is 2.34. The molecule has 3 aliphatic rings. The van der Waals surface area contributed by atoms with Crippen molar-refractivity contribution in [2.75, 3.05) is 32.7 Å². The molecule has 0 spiro atoms. The summed E-state index contributed by atoms with van der Waals surface area (Å²) in [6.07, 6.45) is 5.94. The third-order valence-corrected chi connectivity index (χ3v) is 7.63. The van der Waals surface area contributed by atoms with E-state index in [4.69, 9.17) is 4.74 Å². The van der Waals surface area contributed by atoms with Gasteiger partial charge < -0.3 is 9.64 Å². The third-order valence-electron chi connectivity index (χ3n) is 7.63. The zero-order valence-electron chi connectivity index (χ0n) is 19.7. The zero-order chi connectivity index (χ0) is 23.9. The number of carbonyl (C=O) groups excluding carboxylic acids is 2. The van der Waals surface area contributed by atoms with Gasteiger partial charge in [0, 0.05) is 44.5 Å². The molecule has 0 radical (unpaired) electrons. The average Bonchev–Trinajstić information content (AvgIpc) is 3.64. The highest BCUT2D eigenvalue weighted by molar-refractivity contribution is 5.94. The smallest absolute Gasteiger partial charge is 0.338 e. The number of hydrogen-bond donors (Lipinski definition) is 0. The van der Waals surface area contributed by atoms with Gasteiger partial charge in [0.1, 0.15) is 12.9 Å². The Hall–Kier alpha value is -3.66. The molecular weight excluding hydrogens is 446 g/mol. The lowest BCUT2D eigenvalue weighted by molar-refractivity contribution is -0.134. The highest BCUT2D eigenvalue weighted by Crippen LogP contribution is 2.35. The predicted octanol–water partition coefficient (Wildman–Crippen LogP) is 1.45. The second kappa shape index (κ2) is 8.84. The number of carbonyl (C=O) groups is 2. The topological polar surface area (TPSA) is 106 Å². The van der Waals surface area contributed by atoms with E-state index in [1.165, 1.54) is 22.1 Å². The van der Waals surface area contributed by atoms with Crippen LogP contribution in [-0.2, 0) is 29.0 Å². The minimum absolute atomic E-state index is 0.119. The van der Waals surface area contributed by atoms with Crippen molar-refractivity contribution in [3.05, 3.63) is 64.1 Å². The molecule has 0 bridgehead atoms. The SMILES string of the molecule is Cc1c(CCN2CCN(C(=O)[C@@H]3CCc4cc(-n5cnnn5)ncc43)CC2)ccc2c1COC2=O. The number of hydrogen-bond acceptors (Lipinski definition) is 8. The number of amides is 1. The highest BCUT2D eigenvalue weighted by atomic mass is 16.5. The Morgan fingerprint density at radius 1 is 1.20 bits per heavy atom. The fraction of sp³-hybridized carbons (Fsp3) is 0.440. The molecule has 1 aromatic carbocycles. The van der Waals surface area contributed by atoms with Crippen LogP contribution >= 0.6 is 0 Å². The van der Waals surface area contributed by atoms with E-state index in [-0.39, 0.29) is 17.8 Å². The molecule has 1 saturated heterocycles. The number of ether oxygens (including phenoxy) is 1. The number of rotatable bonds is 5. The van der Waals surface area contributed by atoms with Crippen molar-refractivity contribution < 1.29 is 14.3 Å². The summed E-state index contributed by atoms with van der Waals surface area (Å²) < 4.78 is 6.71. The molecule has 180 valence electrons. The van der Waals surface area contributed by atoms with Crippen molar-refractivity contribution in [3.63, 3.8) is 0 Å². The van der Waals surface area contributed by atoms with Crippen LogP contribution < -0.4 is 0 Å². The van der Waals surface area contributed by atoms with E-state index in [1.807, 2.05) is 23.2 Å². The Morgan fingerprint density at radius 2 is 2.06 bits per heavy atom. The van der Waals surface area contributed by atoms with Crippen molar-refractivity contribution in [1.29, 1.82) is 0 Å². The fourth-order valence-corrected chi connectivity index (χ4v) is 5.49. The normalized spacial score (nSPS) is 19.5. The number of cyclic esters (lactones) is 1. The van der Waals surface area contributed by atoms with Gasteiger partial charge in [0.2, 0.25) is 5.91 Å². The standard InChI is InChI=1S/C25H27N7O3/c1-16-17(2-5-20-22(16)14-35-25(20)34)6-7-30-8-10-31(11-9-30)24(33)19-4-3-18-12-23(26-13-21(18)19)32-15-27-28-29-32/h2,5,12-13,15,19H,3-4,6-11,14H2,1H3/t19-/m1/s1. The van der Waals surface area contributed by atoms with Gasteiger partial charge in [0.25, 0.3) is 0 Å². The van der Waals surface area contributed by atoms with Crippen LogP contribution in [0.3, 0.4) is 0 Å². The van der Waals surface area contributed by atoms with Crippen LogP contribution in [0, 0.1) is 6.92 Å². The van der Waals surface area contributed by atoms with E-state index in [1.54, 1.807) is 0 Å². The molecule has 1 aliphatic carbocycles. The van der Waals surface area contributed by atoms with Crippen molar-refractivity contribution >= 4 is 11.9 Å². The lowest BCUT2D eigenvalue weighted by atomic mass is 9.96. The lowest BCUT2D eigenvalue weighted by Crippen LogP contribution is -2.50. The summed E-state index contributed by atoms with van der Waals surface area (Å²) in [6.45, 7) is 6.62. The van der Waals surface area contributed by atoms with E-state index in [0.717, 1.165) is 68.7 Å². The Kier molecular flexibility index (Phi) is 5.52. The van der Waals surface area contributed by atoms with Crippen molar-refractivity contribution in [2.45, 2.75) is 38.7 Å². The van der Waals surface area contributed by atoms with Gasteiger partial charge >= 0.3 is 5.97 Å². The molecular formula is C25H27N7O3. The molecule has 0 unspecified atom stereocenters. The number of pyridine rings is 1. The van der Waals surface area contributed by atoms with Gasteiger partial charge in [0.05, 0.1) is 11.5 Å². The van der Waals surface area contributed by atoms with Crippen LogP contribution in [0.4, 0.5) is 0 Å². The lowest BCUT2D eigenvalue weighted by Gasteiger charge is -2.36. The maximum absolute atomic E-state index is 13.3. The maximum atomic E-state index is 13.3. The summed E-state index contributed by atoms with van der Waals surface area (Å²) >= 11 is 0. The Bertz CT molecular complexity index is 1280. The van der Waals surface area contributed by atoms with Crippen LogP contribution in [0.1, 0.15) is 50.5 Å². The van der Waals surface area contributed by atoms with Crippen LogP contribution in [-0.4, -0.2) is 79.6 Å². The van der Waals surface area contributed by atoms with Crippen molar-refractivity contribution in [1.82, 2.24) is 35.0 Å². The zero-order valence-corrected chi connectivity index (χ0v) is 19.7. The molecule has 1 atom stereocenters. The van der Waals surface area contributed by atoms with E-state index >= 15 is 0 Å². The minimum atomic E-state index is -0.218.